The van der Waals surface area contributed by atoms with Crippen LogP contribution in [0.25, 0.3) is 0 Å². The molecule has 0 saturated heterocycles. The second-order valence-corrected chi connectivity index (χ2v) is 12.2. The normalized spacial score (nSPS) is 50.1. The zero-order chi connectivity index (χ0) is 22.6. The van der Waals surface area contributed by atoms with E-state index in [1.165, 1.54) is 25.7 Å². The summed E-state index contributed by atoms with van der Waals surface area (Å²) in [5.41, 5.74) is 5.81. The van der Waals surface area contributed by atoms with Crippen molar-refractivity contribution in [3.63, 3.8) is 0 Å². The van der Waals surface area contributed by atoms with Gasteiger partial charge in [0.25, 0.3) is 0 Å². The number of nitrogens with one attached hydrogen (secondary N) is 1. The third-order valence-corrected chi connectivity index (χ3v) is 11.0. The molecule has 2 amide bonds. The van der Waals surface area contributed by atoms with Gasteiger partial charge in [0, 0.05) is 6.54 Å². The van der Waals surface area contributed by atoms with E-state index >= 15 is 0 Å². The maximum atomic E-state index is 11.7. The lowest BCUT2D eigenvalue weighted by Crippen LogP contribution is -2.62. The fraction of sp³-hybridized carbons (Fsp3) is 0.962. The molecule has 0 aromatic carbocycles. The largest absolute Gasteiger partial charge is 0.393 e. The van der Waals surface area contributed by atoms with Gasteiger partial charge in [0.05, 0.1) is 12.2 Å². The Hall–Kier alpha value is -0.810. The summed E-state index contributed by atoms with van der Waals surface area (Å²) in [5.74, 6) is 3.56. The molecule has 4 saturated carbocycles. The molecule has 0 heterocycles. The van der Waals surface area contributed by atoms with Gasteiger partial charge in [0.15, 0.2) is 0 Å². The maximum absolute atomic E-state index is 11.7. The summed E-state index contributed by atoms with van der Waals surface area (Å²) in [7, 11) is 0. The summed E-state index contributed by atoms with van der Waals surface area (Å²) in [5, 5.41) is 25.0. The van der Waals surface area contributed by atoms with Crippen molar-refractivity contribution in [2.75, 3.05) is 6.54 Å². The molecule has 0 aromatic heterocycles. The lowest BCUT2D eigenvalue weighted by atomic mass is 9.41. The number of aliphatic hydroxyl groups is 2. The predicted molar refractivity (Wildman–Crippen MR) is 123 cm³/mol. The molecule has 0 spiro atoms. The predicted octanol–water partition coefficient (Wildman–Crippen LogP) is 4.31. The Balaban J connectivity index is 1.57. The third-order valence-electron chi connectivity index (χ3n) is 11.0. The Morgan fingerprint density at radius 1 is 1.06 bits per heavy atom. The van der Waals surface area contributed by atoms with Crippen LogP contribution < -0.4 is 11.1 Å². The van der Waals surface area contributed by atoms with Crippen LogP contribution in [0.1, 0.15) is 85.5 Å². The number of aliphatic hydroxyl groups excluding tert-OH is 2. The van der Waals surface area contributed by atoms with E-state index in [2.05, 4.69) is 33.0 Å². The second kappa shape index (κ2) is 8.52. The number of amides is 2. The highest BCUT2D eigenvalue weighted by Gasteiger charge is 2.64. The van der Waals surface area contributed by atoms with Crippen LogP contribution in [0.2, 0.25) is 0 Å². The fourth-order valence-corrected chi connectivity index (χ4v) is 9.56. The van der Waals surface area contributed by atoms with Crippen LogP contribution >= 0.6 is 0 Å². The summed E-state index contributed by atoms with van der Waals surface area (Å²) in [6, 6.07) is -0.431. The van der Waals surface area contributed by atoms with Crippen LogP contribution in [0.15, 0.2) is 0 Å². The minimum absolute atomic E-state index is 0.185. The smallest absolute Gasteiger partial charge is 0.312 e. The molecule has 4 aliphatic carbocycles. The third kappa shape index (κ3) is 3.72. The Kier molecular flexibility index (Phi) is 6.42. The highest BCUT2D eigenvalue weighted by molar-refractivity contribution is 5.71. The highest BCUT2D eigenvalue weighted by atomic mass is 16.3. The second-order valence-electron chi connectivity index (χ2n) is 12.2. The van der Waals surface area contributed by atoms with Crippen LogP contribution in [0.4, 0.5) is 4.79 Å². The molecule has 11 atom stereocenters. The van der Waals surface area contributed by atoms with Gasteiger partial charge < -0.3 is 21.3 Å². The zero-order valence-electron chi connectivity index (χ0n) is 20.1. The van der Waals surface area contributed by atoms with E-state index in [-0.39, 0.29) is 23.0 Å². The average Bonchev–Trinajstić information content (AvgIpc) is 3.06. The molecular formula is C26H46N2O3. The number of hydrogen-bond donors (Lipinski definition) is 4. The molecule has 0 radical (unpaired) electrons. The molecule has 4 aliphatic rings. The molecule has 0 aromatic rings. The molecule has 5 heteroatoms. The van der Waals surface area contributed by atoms with Crippen molar-refractivity contribution in [2.24, 2.45) is 58.0 Å². The molecule has 178 valence electrons. The highest BCUT2D eigenvalue weighted by Crippen LogP contribution is 2.69. The van der Waals surface area contributed by atoms with Crippen molar-refractivity contribution in [3.05, 3.63) is 0 Å². The number of carbonyl (C=O) groups excluding carboxylic acids is 1. The fourth-order valence-electron chi connectivity index (χ4n) is 9.56. The van der Waals surface area contributed by atoms with E-state index in [0.29, 0.717) is 48.0 Å². The van der Waals surface area contributed by atoms with E-state index in [1.807, 2.05) is 0 Å². The van der Waals surface area contributed by atoms with E-state index < -0.39 is 6.03 Å². The number of primary amides is 1. The van der Waals surface area contributed by atoms with Crippen molar-refractivity contribution >= 4 is 6.03 Å². The monoisotopic (exact) mass is 434 g/mol. The zero-order valence-corrected chi connectivity index (χ0v) is 20.1. The van der Waals surface area contributed by atoms with Crippen molar-refractivity contribution < 1.29 is 15.0 Å². The first kappa shape index (κ1) is 23.4. The molecule has 3 unspecified atom stereocenters. The Morgan fingerprint density at radius 3 is 2.42 bits per heavy atom. The molecule has 5 nitrogen and oxygen atoms in total. The lowest BCUT2D eigenvalue weighted by Gasteiger charge is -2.64. The number of hydrogen-bond acceptors (Lipinski definition) is 3. The Morgan fingerprint density at radius 2 is 1.74 bits per heavy atom. The standard InChI is InChI=1S/C26H46N2O3/c1-5-17-21-14-16(29)8-11-26(21,4)20-9-12-25(3)18(15(2)10-13-28-24(27)31)6-7-19(25)22(20)23(17)30/h15-23,29-30H,5-14H2,1-4H3,(H3,27,28,31)/t15-,16-,17-,18-,19+,20+,21+,22?,23-,25?,26?/m1/s1. The first-order valence-electron chi connectivity index (χ1n) is 13.0. The van der Waals surface area contributed by atoms with Gasteiger partial charge in [-0.3, -0.25) is 0 Å². The quantitative estimate of drug-likeness (QED) is 0.519. The van der Waals surface area contributed by atoms with Crippen LogP contribution in [-0.4, -0.2) is 35.0 Å². The van der Waals surface area contributed by atoms with Gasteiger partial charge >= 0.3 is 6.03 Å². The first-order valence-corrected chi connectivity index (χ1v) is 13.0. The van der Waals surface area contributed by atoms with Crippen molar-refractivity contribution in [1.29, 1.82) is 0 Å². The van der Waals surface area contributed by atoms with Crippen LogP contribution in [-0.2, 0) is 0 Å². The van der Waals surface area contributed by atoms with Crippen LogP contribution in [0.5, 0.6) is 0 Å². The molecule has 4 fully saturated rings. The molecule has 0 aliphatic heterocycles. The summed E-state index contributed by atoms with van der Waals surface area (Å²) in [4.78, 5) is 11.1. The number of rotatable bonds is 5. The minimum Gasteiger partial charge on any atom is -0.393 e. The van der Waals surface area contributed by atoms with Crippen molar-refractivity contribution in [2.45, 2.75) is 97.7 Å². The van der Waals surface area contributed by atoms with Crippen LogP contribution in [0.3, 0.4) is 0 Å². The van der Waals surface area contributed by atoms with Gasteiger partial charge in [0.2, 0.25) is 0 Å². The first-order chi connectivity index (χ1) is 14.6. The lowest BCUT2D eigenvalue weighted by molar-refractivity contribution is -0.203. The Bertz CT molecular complexity index is 671. The maximum Gasteiger partial charge on any atom is 0.312 e. The van der Waals surface area contributed by atoms with Crippen LogP contribution in [0, 0.1) is 52.3 Å². The molecule has 31 heavy (non-hydrogen) atoms. The SMILES string of the molecule is CC[C@H]1[C@@H](O)C2[C@@H]3CC[C@H]([C@H](C)CCNC(N)=O)C3(C)CC[C@@H]2C2(C)CC[C@@H](O)C[C@@H]12. The van der Waals surface area contributed by atoms with E-state index in [1.54, 1.807) is 0 Å². The molecule has 5 N–H and O–H groups in total. The van der Waals surface area contributed by atoms with Gasteiger partial charge in [0.1, 0.15) is 0 Å². The number of carbonyl (C=O) groups is 1. The molecule has 0 bridgehead atoms. The van der Waals surface area contributed by atoms with E-state index in [0.717, 1.165) is 32.1 Å². The summed E-state index contributed by atoms with van der Waals surface area (Å²) >= 11 is 0. The number of fused-ring (bicyclic) bond motifs is 5. The molecule has 4 rings (SSSR count). The summed E-state index contributed by atoms with van der Waals surface area (Å²) in [6.45, 7) is 10.3. The summed E-state index contributed by atoms with van der Waals surface area (Å²) in [6.07, 6.45) is 9.44. The number of urea groups is 1. The van der Waals surface area contributed by atoms with Crippen molar-refractivity contribution in [1.82, 2.24) is 5.32 Å². The average molecular weight is 435 g/mol. The molecular weight excluding hydrogens is 388 g/mol. The minimum atomic E-state index is -0.431. The topological polar surface area (TPSA) is 95.6 Å². The van der Waals surface area contributed by atoms with Gasteiger partial charge in [-0.05, 0) is 104 Å². The number of nitrogens with two attached hydrogens (primary N) is 1. The van der Waals surface area contributed by atoms with Gasteiger partial charge in [-0.2, -0.15) is 0 Å². The van der Waals surface area contributed by atoms with E-state index in [9.17, 15) is 15.0 Å². The van der Waals surface area contributed by atoms with Crippen molar-refractivity contribution in [3.8, 4) is 0 Å². The van der Waals surface area contributed by atoms with Gasteiger partial charge in [-0.25, -0.2) is 4.79 Å². The Labute approximate surface area is 188 Å². The summed E-state index contributed by atoms with van der Waals surface area (Å²) < 4.78 is 0. The van der Waals surface area contributed by atoms with Gasteiger partial charge in [-0.15, -0.1) is 0 Å². The van der Waals surface area contributed by atoms with Gasteiger partial charge in [-0.1, -0.05) is 34.1 Å². The van der Waals surface area contributed by atoms with E-state index in [4.69, 9.17) is 5.73 Å².